The molecule has 1 aliphatic rings. The van der Waals surface area contributed by atoms with Crippen LogP contribution in [-0.2, 0) is 4.79 Å². The zero-order chi connectivity index (χ0) is 15.2. The molecule has 1 fully saturated rings. The Balaban J connectivity index is 0.00000242. The summed E-state index contributed by atoms with van der Waals surface area (Å²) in [5, 5.41) is 3.27. The Labute approximate surface area is 139 Å². The van der Waals surface area contributed by atoms with Crippen LogP contribution in [0.25, 0.3) is 0 Å². The number of ether oxygens (including phenoxy) is 1. The number of carbonyl (C=O) groups excluding carboxylic acids is 1. The van der Waals surface area contributed by atoms with Crippen molar-refractivity contribution >= 4 is 18.3 Å². The first-order valence-corrected chi connectivity index (χ1v) is 7.78. The lowest BCUT2D eigenvalue weighted by atomic mass is 10.0. The molecule has 2 rings (SSSR count). The fraction of sp³-hybridized carbons (Fsp3) is 0.588. The van der Waals surface area contributed by atoms with E-state index in [4.69, 9.17) is 4.74 Å². The fourth-order valence-corrected chi connectivity index (χ4v) is 2.62. The molecule has 22 heavy (non-hydrogen) atoms. The Kier molecular flexibility index (Phi) is 7.69. The third-order valence-corrected chi connectivity index (χ3v) is 4.14. The molecule has 1 amide bonds. The molecule has 1 heterocycles. The highest BCUT2D eigenvalue weighted by molar-refractivity contribution is 5.85. The first-order valence-electron chi connectivity index (χ1n) is 7.78. The molecule has 0 atom stereocenters. The predicted octanol–water partition coefficient (Wildman–Crippen LogP) is 2.82. The lowest BCUT2D eigenvalue weighted by Gasteiger charge is -2.31. The van der Waals surface area contributed by atoms with Gasteiger partial charge < -0.3 is 15.0 Å². The van der Waals surface area contributed by atoms with Gasteiger partial charge in [0.1, 0.15) is 5.75 Å². The summed E-state index contributed by atoms with van der Waals surface area (Å²) in [6.07, 6.45) is 2.04. The van der Waals surface area contributed by atoms with E-state index >= 15 is 0 Å². The molecule has 5 heteroatoms. The van der Waals surface area contributed by atoms with E-state index in [1.807, 2.05) is 30.1 Å². The van der Waals surface area contributed by atoms with Gasteiger partial charge in [-0.05, 0) is 43.5 Å². The second-order valence-electron chi connectivity index (χ2n) is 5.96. The van der Waals surface area contributed by atoms with E-state index < -0.39 is 0 Å². The molecule has 124 valence electrons. The highest BCUT2D eigenvalue weighted by Crippen LogP contribution is 2.20. The molecule has 1 saturated heterocycles. The van der Waals surface area contributed by atoms with Gasteiger partial charge in [0.05, 0.1) is 0 Å². The topological polar surface area (TPSA) is 41.6 Å². The van der Waals surface area contributed by atoms with Gasteiger partial charge in [-0.2, -0.15) is 0 Å². The molecule has 0 aromatic heterocycles. The van der Waals surface area contributed by atoms with Gasteiger partial charge in [-0.1, -0.05) is 26.0 Å². The van der Waals surface area contributed by atoms with Gasteiger partial charge in [-0.3, -0.25) is 4.79 Å². The number of nitrogens with zero attached hydrogens (tertiary/aromatic N) is 1. The number of hydrogen-bond donors (Lipinski definition) is 1. The van der Waals surface area contributed by atoms with Gasteiger partial charge in [0.2, 0.25) is 0 Å². The summed E-state index contributed by atoms with van der Waals surface area (Å²) in [6, 6.07) is 8.53. The van der Waals surface area contributed by atoms with Crippen molar-refractivity contribution in [2.45, 2.75) is 38.6 Å². The van der Waals surface area contributed by atoms with Crippen LogP contribution >= 0.6 is 12.4 Å². The number of hydrogen-bond acceptors (Lipinski definition) is 3. The van der Waals surface area contributed by atoms with E-state index in [0.717, 1.165) is 31.7 Å². The fourth-order valence-electron chi connectivity index (χ4n) is 2.62. The van der Waals surface area contributed by atoms with Crippen molar-refractivity contribution in [2.75, 3.05) is 26.7 Å². The van der Waals surface area contributed by atoms with Crippen LogP contribution in [0.15, 0.2) is 24.3 Å². The Bertz CT molecular complexity index is 471. The second-order valence-corrected chi connectivity index (χ2v) is 5.96. The maximum absolute atomic E-state index is 12.2. The Hall–Kier alpha value is -1.26. The van der Waals surface area contributed by atoms with E-state index in [1.54, 1.807) is 0 Å². The Morgan fingerprint density at radius 1 is 1.36 bits per heavy atom. The van der Waals surface area contributed by atoms with Crippen molar-refractivity contribution in [2.24, 2.45) is 0 Å². The van der Waals surface area contributed by atoms with Gasteiger partial charge in [0.25, 0.3) is 5.91 Å². The molecule has 0 spiro atoms. The number of piperidine rings is 1. The number of carbonyl (C=O) groups is 1. The number of nitrogens with one attached hydrogen (secondary N) is 1. The summed E-state index contributed by atoms with van der Waals surface area (Å²) in [5.74, 6) is 1.32. The summed E-state index contributed by atoms with van der Waals surface area (Å²) in [5.41, 5.74) is 1.23. The van der Waals surface area contributed by atoms with E-state index in [0.29, 0.717) is 12.0 Å². The first-order chi connectivity index (χ1) is 10.1. The van der Waals surface area contributed by atoms with E-state index in [-0.39, 0.29) is 24.9 Å². The zero-order valence-electron chi connectivity index (χ0n) is 13.7. The van der Waals surface area contributed by atoms with E-state index in [1.165, 1.54) is 5.56 Å². The SMILES string of the molecule is CNC1CCN(C(=O)COc2cccc(C(C)C)c2)CC1.Cl. The van der Waals surface area contributed by atoms with E-state index in [2.05, 4.69) is 25.2 Å². The molecule has 1 N–H and O–H groups in total. The predicted molar refractivity (Wildman–Crippen MR) is 91.9 cm³/mol. The third-order valence-electron chi connectivity index (χ3n) is 4.14. The summed E-state index contributed by atoms with van der Waals surface area (Å²) in [6.45, 7) is 6.07. The van der Waals surface area contributed by atoms with Crippen molar-refractivity contribution in [3.8, 4) is 5.75 Å². The number of rotatable bonds is 5. The summed E-state index contributed by atoms with van der Waals surface area (Å²) >= 11 is 0. The quantitative estimate of drug-likeness (QED) is 0.904. The molecule has 0 radical (unpaired) electrons. The van der Waals surface area contributed by atoms with Gasteiger partial charge >= 0.3 is 0 Å². The van der Waals surface area contributed by atoms with Crippen LogP contribution in [0.1, 0.15) is 38.2 Å². The maximum atomic E-state index is 12.2. The zero-order valence-corrected chi connectivity index (χ0v) is 14.5. The van der Waals surface area contributed by atoms with Crippen molar-refractivity contribution in [1.29, 1.82) is 0 Å². The highest BCUT2D eigenvalue weighted by Gasteiger charge is 2.21. The van der Waals surface area contributed by atoms with Gasteiger partial charge in [-0.15, -0.1) is 12.4 Å². The van der Waals surface area contributed by atoms with Crippen LogP contribution in [-0.4, -0.2) is 43.6 Å². The average Bonchev–Trinajstić information content (AvgIpc) is 2.53. The van der Waals surface area contributed by atoms with Gasteiger partial charge in [0, 0.05) is 19.1 Å². The molecule has 0 aliphatic carbocycles. The minimum absolute atomic E-state index is 0. The molecule has 1 aromatic carbocycles. The largest absolute Gasteiger partial charge is 0.484 e. The minimum atomic E-state index is 0. The number of likely N-dealkylation sites (tertiary alicyclic amines) is 1. The Morgan fingerprint density at radius 2 is 2.05 bits per heavy atom. The van der Waals surface area contributed by atoms with Crippen LogP contribution in [0, 0.1) is 0 Å². The monoisotopic (exact) mass is 326 g/mol. The Morgan fingerprint density at radius 3 is 2.64 bits per heavy atom. The molecular weight excluding hydrogens is 300 g/mol. The summed E-state index contributed by atoms with van der Waals surface area (Å²) < 4.78 is 5.66. The van der Waals surface area contributed by atoms with Crippen LogP contribution in [0.2, 0.25) is 0 Å². The van der Waals surface area contributed by atoms with E-state index in [9.17, 15) is 4.79 Å². The van der Waals surface area contributed by atoms with Crippen LogP contribution in [0.3, 0.4) is 0 Å². The number of benzene rings is 1. The molecule has 1 aliphatic heterocycles. The van der Waals surface area contributed by atoms with Crippen molar-refractivity contribution in [3.05, 3.63) is 29.8 Å². The highest BCUT2D eigenvalue weighted by atomic mass is 35.5. The smallest absolute Gasteiger partial charge is 0.260 e. The first kappa shape index (κ1) is 18.8. The minimum Gasteiger partial charge on any atom is -0.484 e. The normalized spacial score (nSPS) is 15.5. The molecule has 4 nitrogen and oxygen atoms in total. The second kappa shape index (κ2) is 9.01. The number of halogens is 1. The van der Waals surface area contributed by atoms with Crippen molar-refractivity contribution in [1.82, 2.24) is 10.2 Å². The molecule has 0 unspecified atom stereocenters. The molecule has 0 saturated carbocycles. The van der Waals surface area contributed by atoms with Crippen molar-refractivity contribution < 1.29 is 9.53 Å². The maximum Gasteiger partial charge on any atom is 0.260 e. The van der Waals surface area contributed by atoms with Crippen LogP contribution < -0.4 is 10.1 Å². The van der Waals surface area contributed by atoms with Crippen LogP contribution in [0.4, 0.5) is 0 Å². The molecular formula is C17H27ClN2O2. The van der Waals surface area contributed by atoms with Crippen molar-refractivity contribution in [3.63, 3.8) is 0 Å². The molecule has 1 aromatic rings. The van der Waals surface area contributed by atoms with Crippen LogP contribution in [0.5, 0.6) is 5.75 Å². The number of amides is 1. The average molecular weight is 327 g/mol. The lowest BCUT2D eigenvalue weighted by molar-refractivity contribution is -0.134. The van der Waals surface area contributed by atoms with Gasteiger partial charge in [-0.25, -0.2) is 0 Å². The lowest BCUT2D eigenvalue weighted by Crippen LogP contribution is -2.45. The summed E-state index contributed by atoms with van der Waals surface area (Å²) in [4.78, 5) is 14.1. The summed E-state index contributed by atoms with van der Waals surface area (Å²) in [7, 11) is 1.98. The van der Waals surface area contributed by atoms with Gasteiger partial charge in [0.15, 0.2) is 6.61 Å². The third kappa shape index (κ3) is 5.18. The standard InChI is InChI=1S/C17H26N2O2.ClH/c1-13(2)14-5-4-6-16(11-14)21-12-17(20)19-9-7-15(18-3)8-10-19;/h4-6,11,13,15,18H,7-10,12H2,1-3H3;1H. The molecule has 0 bridgehead atoms.